The first-order chi connectivity index (χ1) is 19.1. The topological polar surface area (TPSA) is 138 Å². The summed E-state index contributed by atoms with van der Waals surface area (Å²) in [6.45, 7) is 0.0600. The van der Waals surface area contributed by atoms with E-state index in [4.69, 9.17) is 4.74 Å². The molecule has 1 amide bonds. The maximum atomic E-state index is 13.3. The van der Waals surface area contributed by atoms with Crippen LogP contribution in [0.25, 0.3) is 22.3 Å². The van der Waals surface area contributed by atoms with Gasteiger partial charge in [0.05, 0.1) is 25.0 Å². The highest BCUT2D eigenvalue weighted by Crippen LogP contribution is 2.25. The molecule has 11 nitrogen and oxygen atoms in total. The molecule has 1 atom stereocenters. The van der Waals surface area contributed by atoms with Crippen LogP contribution in [0.15, 0.2) is 85.3 Å². The minimum Gasteiger partial charge on any atom is -0.467 e. The number of benzene rings is 2. The van der Waals surface area contributed by atoms with E-state index in [-0.39, 0.29) is 6.54 Å². The van der Waals surface area contributed by atoms with Crippen molar-refractivity contribution in [2.45, 2.75) is 6.04 Å². The second-order valence-electron chi connectivity index (χ2n) is 8.54. The van der Waals surface area contributed by atoms with Crippen LogP contribution in [-0.2, 0) is 9.53 Å². The molecule has 0 aliphatic rings. The molecule has 5 aromatic rings. The number of anilines is 3. The number of nitrogens with one attached hydrogen (secondary N) is 3. The van der Waals surface area contributed by atoms with Crippen molar-refractivity contribution >= 4 is 40.4 Å². The maximum absolute atomic E-state index is 13.3. The molecule has 0 fully saturated rings. The standard InChI is InChI=1S/C28H26N8O3/c1-29-27-30-14-11-22(35-27)23-16-19-15-18(9-10-21(19)33-23)25(37)34-24(26(38)39-2)17-36(20-7-4-3-5-8-20)28-31-12-6-13-32-28/h3-16,24,33H,17H2,1-2H3,(H,34,37)(H,29,30,35)/t24-/m0/s1. The fourth-order valence-corrected chi connectivity index (χ4v) is 4.13. The van der Waals surface area contributed by atoms with Crippen LogP contribution in [0.3, 0.4) is 0 Å². The van der Waals surface area contributed by atoms with Gasteiger partial charge >= 0.3 is 5.97 Å². The Morgan fingerprint density at radius 2 is 1.77 bits per heavy atom. The number of fused-ring (bicyclic) bond motifs is 1. The number of ether oxygens (including phenoxy) is 1. The number of carbonyl (C=O) groups is 2. The second-order valence-corrected chi connectivity index (χ2v) is 8.54. The van der Waals surface area contributed by atoms with Gasteiger partial charge in [-0.3, -0.25) is 4.79 Å². The van der Waals surface area contributed by atoms with Gasteiger partial charge in [-0.2, -0.15) is 0 Å². The highest BCUT2D eigenvalue weighted by Gasteiger charge is 2.27. The van der Waals surface area contributed by atoms with Crippen LogP contribution >= 0.6 is 0 Å². The van der Waals surface area contributed by atoms with Gasteiger partial charge in [0.25, 0.3) is 5.91 Å². The molecule has 196 valence electrons. The molecule has 0 unspecified atom stereocenters. The Kier molecular flexibility index (Phi) is 7.39. The number of amides is 1. The van der Waals surface area contributed by atoms with Crippen LogP contribution in [0.4, 0.5) is 17.6 Å². The van der Waals surface area contributed by atoms with Crippen LogP contribution in [0.2, 0.25) is 0 Å². The summed E-state index contributed by atoms with van der Waals surface area (Å²) in [7, 11) is 3.04. The fraction of sp³-hybridized carbons (Fsp3) is 0.143. The Bertz CT molecular complexity index is 1550. The number of esters is 1. The summed E-state index contributed by atoms with van der Waals surface area (Å²) in [5.41, 5.74) is 3.50. The molecule has 5 rings (SSSR count). The Balaban J connectivity index is 1.40. The number of carbonyl (C=O) groups excluding carboxylic acids is 2. The molecule has 3 heterocycles. The Labute approximate surface area is 224 Å². The number of methoxy groups -OCH3 is 1. The molecule has 0 aliphatic carbocycles. The van der Waals surface area contributed by atoms with Crippen LogP contribution in [-0.4, -0.2) is 63.5 Å². The number of hydrogen-bond donors (Lipinski definition) is 3. The first-order valence-corrected chi connectivity index (χ1v) is 12.2. The number of aromatic amines is 1. The van der Waals surface area contributed by atoms with E-state index >= 15 is 0 Å². The van der Waals surface area contributed by atoms with Gasteiger partial charge in [-0.1, -0.05) is 18.2 Å². The van der Waals surface area contributed by atoms with E-state index in [1.807, 2.05) is 42.5 Å². The molecule has 0 aliphatic heterocycles. The van der Waals surface area contributed by atoms with Gasteiger partial charge < -0.3 is 25.3 Å². The van der Waals surface area contributed by atoms with E-state index in [2.05, 4.69) is 35.6 Å². The van der Waals surface area contributed by atoms with Crippen molar-refractivity contribution in [3.05, 3.63) is 90.9 Å². The van der Waals surface area contributed by atoms with Gasteiger partial charge in [0.15, 0.2) is 0 Å². The van der Waals surface area contributed by atoms with Gasteiger partial charge in [0.1, 0.15) is 6.04 Å². The zero-order valence-corrected chi connectivity index (χ0v) is 21.3. The van der Waals surface area contributed by atoms with Crippen molar-refractivity contribution in [3.8, 4) is 11.4 Å². The van der Waals surface area contributed by atoms with Crippen LogP contribution in [0.1, 0.15) is 10.4 Å². The largest absolute Gasteiger partial charge is 0.467 e. The van der Waals surface area contributed by atoms with Crippen LogP contribution < -0.4 is 15.5 Å². The number of para-hydroxylation sites is 1. The molecule has 0 saturated heterocycles. The minimum absolute atomic E-state index is 0.0600. The van der Waals surface area contributed by atoms with E-state index in [1.165, 1.54) is 7.11 Å². The van der Waals surface area contributed by atoms with Gasteiger partial charge in [-0.15, -0.1) is 0 Å². The van der Waals surface area contributed by atoms with Crippen molar-refractivity contribution in [2.24, 2.45) is 0 Å². The molecule has 2 aromatic carbocycles. The fourth-order valence-electron chi connectivity index (χ4n) is 4.13. The van der Waals surface area contributed by atoms with Gasteiger partial charge in [-0.25, -0.2) is 24.7 Å². The number of nitrogens with zero attached hydrogens (tertiary/aromatic N) is 5. The summed E-state index contributed by atoms with van der Waals surface area (Å²) in [4.78, 5) is 48.5. The van der Waals surface area contributed by atoms with Crippen LogP contribution in [0.5, 0.6) is 0 Å². The van der Waals surface area contributed by atoms with Gasteiger partial charge in [0.2, 0.25) is 11.9 Å². The monoisotopic (exact) mass is 522 g/mol. The number of aromatic nitrogens is 5. The highest BCUT2D eigenvalue weighted by molar-refractivity contribution is 6.00. The second kappa shape index (κ2) is 11.4. The Morgan fingerprint density at radius 1 is 0.974 bits per heavy atom. The molecule has 39 heavy (non-hydrogen) atoms. The van der Waals surface area contributed by atoms with Crippen molar-refractivity contribution in [1.82, 2.24) is 30.2 Å². The maximum Gasteiger partial charge on any atom is 0.330 e. The lowest BCUT2D eigenvalue weighted by atomic mass is 10.1. The van der Waals surface area contributed by atoms with E-state index in [0.29, 0.717) is 23.2 Å². The summed E-state index contributed by atoms with van der Waals surface area (Å²) in [5.74, 6) is -0.115. The quantitative estimate of drug-likeness (QED) is 0.248. The highest BCUT2D eigenvalue weighted by atomic mass is 16.5. The molecule has 0 bridgehead atoms. The van der Waals surface area contributed by atoms with Gasteiger partial charge in [-0.05, 0) is 48.5 Å². The van der Waals surface area contributed by atoms with Crippen LogP contribution in [0, 0.1) is 0 Å². The summed E-state index contributed by atoms with van der Waals surface area (Å²) < 4.78 is 5.02. The Hall–Kier alpha value is -5.32. The third kappa shape index (κ3) is 5.67. The average molecular weight is 523 g/mol. The predicted molar refractivity (Wildman–Crippen MR) is 148 cm³/mol. The summed E-state index contributed by atoms with van der Waals surface area (Å²) in [5, 5.41) is 6.57. The third-order valence-electron chi connectivity index (χ3n) is 6.06. The van der Waals surface area contributed by atoms with Gasteiger partial charge in [0, 0.05) is 47.8 Å². The lowest BCUT2D eigenvalue weighted by Crippen LogP contribution is -2.48. The summed E-state index contributed by atoms with van der Waals surface area (Å²) in [6.07, 6.45) is 4.90. The predicted octanol–water partition coefficient (Wildman–Crippen LogP) is 3.57. The molecule has 3 aromatic heterocycles. The lowest BCUT2D eigenvalue weighted by molar-refractivity contribution is -0.142. The molecular formula is C28H26N8O3. The zero-order valence-electron chi connectivity index (χ0n) is 21.3. The van der Waals surface area contributed by atoms with E-state index in [0.717, 1.165) is 22.3 Å². The first kappa shape index (κ1) is 25.3. The molecular weight excluding hydrogens is 496 g/mol. The third-order valence-corrected chi connectivity index (χ3v) is 6.06. The Morgan fingerprint density at radius 3 is 2.51 bits per heavy atom. The molecule has 0 saturated carbocycles. The molecule has 11 heteroatoms. The summed E-state index contributed by atoms with van der Waals surface area (Å²) >= 11 is 0. The van der Waals surface area contributed by atoms with Crippen molar-refractivity contribution in [2.75, 3.05) is 30.9 Å². The smallest absolute Gasteiger partial charge is 0.330 e. The first-order valence-electron chi connectivity index (χ1n) is 12.2. The van der Waals surface area contributed by atoms with E-state index in [1.54, 1.807) is 54.8 Å². The normalized spacial score (nSPS) is 11.5. The zero-order chi connectivity index (χ0) is 27.2. The SMILES string of the molecule is CNc1nccc(-c2cc3cc(C(=O)N[C@@H](CN(c4ccccc4)c4ncccn4)C(=O)OC)ccc3[nH]2)n1. The number of hydrogen-bond acceptors (Lipinski definition) is 9. The van der Waals surface area contributed by atoms with Crippen molar-refractivity contribution < 1.29 is 14.3 Å². The number of rotatable bonds is 9. The average Bonchev–Trinajstić information content (AvgIpc) is 3.43. The van der Waals surface area contributed by atoms with Crippen molar-refractivity contribution in [3.63, 3.8) is 0 Å². The molecule has 0 radical (unpaired) electrons. The minimum atomic E-state index is -0.995. The van der Waals surface area contributed by atoms with Crippen molar-refractivity contribution in [1.29, 1.82) is 0 Å². The molecule has 3 N–H and O–H groups in total. The number of H-pyrrole nitrogens is 1. The lowest BCUT2D eigenvalue weighted by Gasteiger charge is -2.27. The van der Waals surface area contributed by atoms with E-state index in [9.17, 15) is 9.59 Å². The van der Waals surface area contributed by atoms with E-state index < -0.39 is 17.9 Å². The molecule has 0 spiro atoms. The summed E-state index contributed by atoms with van der Waals surface area (Å²) in [6, 6.07) is 19.1.